The Labute approximate surface area is 161 Å². The monoisotopic (exact) mass is 395 g/mol. The second kappa shape index (κ2) is 6.16. The Morgan fingerprint density at radius 3 is 2.61 bits per heavy atom. The maximum Gasteiger partial charge on any atom is 0.298 e. The van der Waals surface area contributed by atoms with Crippen LogP contribution in [0.4, 0.5) is 11.6 Å². The molecule has 0 fully saturated rings. The van der Waals surface area contributed by atoms with E-state index in [1.54, 1.807) is 23.1 Å². The van der Waals surface area contributed by atoms with Gasteiger partial charge in [0.15, 0.2) is 0 Å². The molecule has 2 aliphatic rings. The van der Waals surface area contributed by atoms with E-state index >= 15 is 0 Å². The van der Waals surface area contributed by atoms with E-state index in [1.165, 1.54) is 10.7 Å². The molecule has 0 saturated heterocycles. The van der Waals surface area contributed by atoms with Gasteiger partial charge in [-0.15, -0.1) is 5.10 Å². The highest BCUT2D eigenvalue weighted by Gasteiger charge is 2.32. The van der Waals surface area contributed by atoms with Gasteiger partial charge in [0.25, 0.3) is 15.9 Å². The second-order valence-corrected chi connectivity index (χ2v) is 8.44. The predicted molar refractivity (Wildman–Crippen MR) is 103 cm³/mol. The number of sulfonamides is 1. The summed E-state index contributed by atoms with van der Waals surface area (Å²) in [4.78, 5) is 19.2. The smallest absolute Gasteiger partial charge is 0.298 e. The van der Waals surface area contributed by atoms with Gasteiger partial charge in [-0.3, -0.25) is 4.79 Å². The molecule has 0 spiro atoms. The number of amides is 1. The molecule has 5 rings (SSSR count). The van der Waals surface area contributed by atoms with E-state index in [2.05, 4.69) is 14.8 Å². The fourth-order valence-corrected chi connectivity index (χ4v) is 4.86. The summed E-state index contributed by atoms with van der Waals surface area (Å²) in [5, 5.41) is 4.32. The highest BCUT2D eigenvalue weighted by atomic mass is 32.2. The molecule has 3 heterocycles. The quantitative estimate of drug-likeness (QED) is 0.682. The van der Waals surface area contributed by atoms with Gasteiger partial charge < -0.3 is 4.90 Å². The van der Waals surface area contributed by atoms with Gasteiger partial charge in [0.05, 0.1) is 5.69 Å². The molecule has 0 saturated carbocycles. The van der Waals surface area contributed by atoms with Gasteiger partial charge in [0.2, 0.25) is 11.8 Å². The molecule has 0 aliphatic carbocycles. The summed E-state index contributed by atoms with van der Waals surface area (Å²) in [5.41, 5.74) is 2.35. The number of carbonyl (C=O) groups excluding carboxylic acids is 1. The Morgan fingerprint density at radius 1 is 1.00 bits per heavy atom. The Balaban J connectivity index is 1.59. The number of nitrogens with zero attached hydrogens (tertiary/aromatic N) is 4. The Morgan fingerprint density at radius 2 is 1.75 bits per heavy atom. The van der Waals surface area contributed by atoms with Crippen LogP contribution in [-0.4, -0.2) is 35.6 Å². The molecule has 1 aromatic heterocycles. The summed E-state index contributed by atoms with van der Waals surface area (Å²) in [6.45, 7) is 0.571. The van der Waals surface area contributed by atoms with Gasteiger partial charge in [0, 0.05) is 12.2 Å². The van der Waals surface area contributed by atoms with Crippen molar-refractivity contribution in [2.24, 2.45) is 0 Å². The summed E-state index contributed by atoms with van der Waals surface area (Å²) in [6, 6.07) is 14.3. The van der Waals surface area contributed by atoms with E-state index in [0.717, 1.165) is 30.5 Å². The van der Waals surface area contributed by atoms with E-state index in [4.69, 9.17) is 0 Å². The molecule has 0 radical (unpaired) electrons. The minimum Gasteiger partial charge on any atom is -0.305 e. The Bertz CT molecular complexity index is 1200. The summed E-state index contributed by atoms with van der Waals surface area (Å²) >= 11 is 0. The molecule has 2 aromatic carbocycles. The summed E-state index contributed by atoms with van der Waals surface area (Å²) in [6.07, 6.45) is 2.80. The number of anilines is 2. The lowest BCUT2D eigenvalue weighted by Crippen LogP contribution is -2.32. The SMILES string of the molecule is O=C(c1nc2n(n1)-c1ccccc1S(=O)(=O)N2)N1CCCCc2ccccc21. The fourth-order valence-electron chi connectivity index (χ4n) is 3.69. The van der Waals surface area contributed by atoms with Crippen LogP contribution in [0.5, 0.6) is 0 Å². The van der Waals surface area contributed by atoms with E-state index in [9.17, 15) is 13.2 Å². The van der Waals surface area contributed by atoms with Crippen LogP contribution in [0.2, 0.25) is 0 Å². The lowest BCUT2D eigenvalue weighted by molar-refractivity contribution is 0.0977. The lowest BCUT2D eigenvalue weighted by Gasteiger charge is -2.21. The Hall–Kier alpha value is -3.20. The van der Waals surface area contributed by atoms with Crippen molar-refractivity contribution in [1.82, 2.24) is 14.8 Å². The van der Waals surface area contributed by atoms with Crippen molar-refractivity contribution < 1.29 is 13.2 Å². The van der Waals surface area contributed by atoms with Crippen LogP contribution in [0.15, 0.2) is 53.4 Å². The summed E-state index contributed by atoms with van der Waals surface area (Å²) < 4.78 is 28.6. The molecule has 1 N–H and O–H groups in total. The maximum absolute atomic E-state index is 13.2. The molecule has 9 heteroatoms. The van der Waals surface area contributed by atoms with Crippen molar-refractivity contribution >= 4 is 27.6 Å². The molecule has 0 bridgehead atoms. The number of aryl methyl sites for hydroxylation is 1. The summed E-state index contributed by atoms with van der Waals surface area (Å²) in [5.74, 6) is -0.357. The predicted octanol–water partition coefficient (Wildman–Crippen LogP) is 2.36. The number of benzene rings is 2. The zero-order chi connectivity index (χ0) is 19.3. The highest BCUT2D eigenvalue weighted by molar-refractivity contribution is 7.92. The minimum absolute atomic E-state index is 0.0187. The van der Waals surface area contributed by atoms with Crippen LogP contribution in [0.25, 0.3) is 5.69 Å². The van der Waals surface area contributed by atoms with Crippen molar-refractivity contribution in [2.75, 3.05) is 16.2 Å². The van der Waals surface area contributed by atoms with E-state index < -0.39 is 10.0 Å². The molecule has 142 valence electrons. The van der Waals surface area contributed by atoms with E-state index in [1.807, 2.05) is 24.3 Å². The van der Waals surface area contributed by atoms with E-state index in [0.29, 0.717) is 12.2 Å². The van der Waals surface area contributed by atoms with E-state index in [-0.39, 0.29) is 22.6 Å². The zero-order valence-electron chi connectivity index (χ0n) is 14.9. The van der Waals surface area contributed by atoms with Crippen LogP contribution < -0.4 is 9.62 Å². The lowest BCUT2D eigenvalue weighted by atomic mass is 10.1. The number of nitrogens with one attached hydrogen (secondary N) is 1. The number of para-hydroxylation sites is 2. The third-order valence-electron chi connectivity index (χ3n) is 5.01. The van der Waals surface area contributed by atoms with Crippen molar-refractivity contribution in [1.29, 1.82) is 0 Å². The number of carbonyl (C=O) groups is 1. The number of aromatic nitrogens is 3. The van der Waals surface area contributed by atoms with Gasteiger partial charge in [-0.1, -0.05) is 30.3 Å². The minimum atomic E-state index is -3.75. The number of hydrogen-bond acceptors (Lipinski definition) is 5. The average Bonchev–Trinajstić information content (AvgIpc) is 2.99. The molecule has 3 aromatic rings. The topological polar surface area (TPSA) is 97.2 Å². The molecule has 0 unspecified atom stereocenters. The molecule has 8 nitrogen and oxygen atoms in total. The van der Waals surface area contributed by atoms with Crippen LogP contribution in [-0.2, 0) is 16.4 Å². The second-order valence-electron chi connectivity index (χ2n) is 6.79. The largest absolute Gasteiger partial charge is 0.305 e. The van der Waals surface area contributed by atoms with Gasteiger partial charge in [-0.25, -0.2) is 13.1 Å². The number of hydrogen-bond donors (Lipinski definition) is 1. The maximum atomic E-state index is 13.2. The first-order chi connectivity index (χ1) is 13.5. The first-order valence-corrected chi connectivity index (χ1v) is 10.5. The van der Waals surface area contributed by atoms with Crippen LogP contribution in [0.3, 0.4) is 0 Å². The van der Waals surface area contributed by atoms with Crippen LogP contribution >= 0.6 is 0 Å². The highest BCUT2D eigenvalue weighted by Crippen LogP contribution is 2.31. The van der Waals surface area contributed by atoms with Crippen molar-refractivity contribution in [3.63, 3.8) is 0 Å². The molecule has 2 aliphatic heterocycles. The van der Waals surface area contributed by atoms with Crippen LogP contribution in [0, 0.1) is 0 Å². The van der Waals surface area contributed by atoms with Gasteiger partial charge in [-0.05, 0) is 43.0 Å². The fraction of sp³-hybridized carbons (Fsp3) is 0.211. The standard InChI is InChI=1S/C19H17N5O3S/c25-18(23-12-6-5-8-13-7-1-2-9-14(13)23)17-20-19-22-28(26,27)16-11-4-3-10-15(16)24(19)21-17/h1-4,7,9-11H,5-6,8,12H2,(H,20,21,22). The molecule has 28 heavy (non-hydrogen) atoms. The Kier molecular flexibility index (Phi) is 3.73. The third-order valence-corrected chi connectivity index (χ3v) is 6.39. The molecule has 1 amide bonds. The van der Waals surface area contributed by atoms with Gasteiger partial charge in [-0.2, -0.15) is 9.67 Å². The summed E-state index contributed by atoms with van der Waals surface area (Å²) in [7, 11) is -3.75. The van der Waals surface area contributed by atoms with Crippen LogP contribution in [0.1, 0.15) is 29.0 Å². The first kappa shape index (κ1) is 16.9. The van der Waals surface area contributed by atoms with Crippen molar-refractivity contribution in [3.8, 4) is 5.69 Å². The molecular formula is C19H17N5O3S. The van der Waals surface area contributed by atoms with Crippen molar-refractivity contribution in [3.05, 3.63) is 59.9 Å². The third kappa shape index (κ3) is 2.58. The molecular weight excluding hydrogens is 378 g/mol. The molecule has 0 atom stereocenters. The number of rotatable bonds is 1. The first-order valence-electron chi connectivity index (χ1n) is 9.04. The van der Waals surface area contributed by atoms with Crippen molar-refractivity contribution in [2.45, 2.75) is 24.2 Å². The number of fused-ring (bicyclic) bond motifs is 4. The zero-order valence-corrected chi connectivity index (χ0v) is 15.7. The average molecular weight is 395 g/mol. The normalized spacial score (nSPS) is 16.9. The van der Waals surface area contributed by atoms with Gasteiger partial charge >= 0.3 is 0 Å². The van der Waals surface area contributed by atoms with Gasteiger partial charge in [0.1, 0.15) is 4.90 Å².